The minimum atomic E-state index is -0.266. The Kier molecular flexibility index (Phi) is 5.15. The second-order valence-electron chi connectivity index (χ2n) is 7.81. The molecular weight excluding hydrogens is 379 g/mol. The summed E-state index contributed by atoms with van der Waals surface area (Å²) in [5, 5.41) is 8.77. The van der Waals surface area contributed by atoms with Gasteiger partial charge in [0.15, 0.2) is 0 Å². The van der Waals surface area contributed by atoms with Crippen molar-refractivity contribution in [3.8, 4) is 5.75 Å². The molecule has 0 unspecified atom stereocenters. The fourth-order valence-electron chi connectivity index (χ4n) is 4.05. The summed E-state index contributed by atoms with van der Waals surface area (Å²) in [5.41, 5.74) is 4.35. The summed E-state index contributed by atoms with van der Waals surface area (Å²) in [5.74, 6) is 0.797. The maximum atomic E-state index is 13.0. The summed E-state index contributed by atoms with van der Waals surface area (Å²) in [4.78, 5) is 6.87. The Morgan fingerprint density at radius 2 is 2.00 bits per heavy atom. The molecule has 1 aliphatic rings. The van der Waals surface area contributed by atoms with Crippen molar-refractivity contribution in [2.45, 2.75) is 25.5 Å². The first-order chi connectivity index (χ1) is 14.7. The first-order valence-corrected chi connectivity index (χ1v) is 10.2. The number of pyridine rings is 1. The number of aromatic amines is 1. The minimum absolute atomic E-state index is 0.266. The van der Waals surface area contributed by atoms with Gasteiger partial charge in [0.2, 0.25) is 0 Å². The molecule has 2 aromatic heterocycles. The Hall–Kier alpha value is -3.25. The van der Waals surface area contributed by atoms with E-state index in [1.165, 1.54) is 23.1 Å². The summed E-state index contributed by atoms with van der Waals surface area (Å²) < 4.78 is 18.7. The Balaban J connectivity index is 1.18. The molecule has 0 spiro atoms. The average Bonchev–Trinajstić information content (AvgIpc) is 3.43. The molecule has 1 aliphatic heterocycles. The van der Waals surface area contributed by atoms with Gasteiger partial charge in [-0.05, 0) is 67.1 Å². The molecule has 4 aromatic rings. The molecule has 0 amide bonds. The van der Waals surface area contributed by atoms with Gasteiger partial charge in [-0.15, -0.1) is 0 Å². The molecule has 5 nitrogen and oxygen atoms in total. The third-order valence-corrected chi connectivity index (χ3v) is 5.62. The van der Waals surface area contributed by atoms with Crippen LogP contribution in [0.1, 0.15) is 29.3 Å². The quantitative estimate of drug-likeness (QED) is 0.509. The highest BCUT2D eigenvalue weighted by atomic mass is 19.1. The summed E-state index contributed by atoms with van der Waals surface area (Å²) in [7, 11) is 0. The average molecular weight is 402 g/mol. The van der Waals surface area contributed by atoms with Crippen molar-refractivity contribution < 1.29 is 9.13 Å². The summed E-state index contributed by atoms with van der Waals surface area (Å²) >= 11 is 0. The van der Waals surface area contributed by atoms with Crippen molar-refractivity contribution in [3.63, 3.8) is 0 Å². The Bertz CT molecular complexity index is 1140. The lowest BCUT2D eigenvalue weighted by atomic mass is 10.1. The number of nitrogens with one attached hydrogen (secondary N) is 1. The van der Waals surface area contributed by atoms with E-state index in [0.717, 1.165) is 43.0 Å². The summed E-state index contributed by atoms with van der Waals surface area (Å²) in [6, 6.07) is 18.7. The Labute approximate surface area is 174 Å². The van der Waals surface area contributed by atoms with E-state index in [4.69, 9.17) is 4.74 Å². The van der Waals surface area contributed by atoms with E-state index in [2.05, 4.69) is 50.4 Å². The highest BCUT2D eigenvalue weighted by molar-refractivity contribution is 5.78. The number of H-pyrrole nitrogens is 1. The molecule has 30 heavy (non-hydrogen) atoms. The number of nitrogens with zero attached hydrogens (tertiary/aromatic N) is 3. The van der Waals surface area contributed by atoms with E-state index in [0.29, 0.717) is 18.3 Å². The van der Waals surface area contributed by atoms with Gasteiger partial charge in [-0.25, -0.2) is 4.39 Å². The van der Waals surface area contributed by atoms with Crippen molar-refractivity contribution in [2.75, 3.05) is 13.1 Å². The lowest BCUT2D eigenvalue weighted by Gasteiger charge is -2.16. The lowest BCUT2D eigenvalue weighted by Crippen LogP contribution is -2.19. The molecular formula is C24H23FN4O. The molecule has 5 rings (SSSR count). The molecule has 3 heterocycles. The highest BCUT2D eigenvalue weighted by Gasteiger charge is 2.26. The van der Waals surface area contributed by atoms with Gasteiger partial charge in [0.05, 0.1) is 16.9 Å². The van der Waals surface area contributed by atoms with E-state index in [1.54, 1.807) is 12.1 Å². The molecule has 0 bridgehead atoms. The van der Waals surface area contributed by atoms with Crippen LogP contribution in [0.15, 0.2) is 66.9 Å². The van der Waals surface area contributed by atoms with Crippen LogP contribution in [0.3, 0.4) is 0 Å². The minimum Gasteiger partial charge on any atom is -0.487 e. The molecule has 0 radical (unpaired) electrons. The molecule has 0 aliphatic carbocycles. The topological polar surface area (TPSA) is 54.0 Å². The molecule has 1 atom stereocenters. The van der Waals surface area contributed by atoms with E-state index >= 15 is 0 Å². The summed E-state index contributed by atoms with van der Waals surface area (Å²) in [6.07, 6.45) is 2.92. The van der Waals surface area contributed by atoms with Gasteiger partial charge in [0.25, 0.3) is 0 Å². The third-order valence-electron chi connectivity index (χ3n) is 5.62. The van der Waals surface area contributed by atoms with Crippen molar-refractivity contribution in [1.82, 2.24) is 20.1 Å². The molecule has 1 saturated heterocycles. The second-order valence-corrected chi connectivity index (χ2v) is 7.81. The maximum absolute atomic E-state index is 13.0. The largest absolute Gasteiger partial charge is 0.487 e. The van der Waals surface area contributed by atoms with Gasteiger partial charge < -0.3 is 4.74 Å². The molecule has 152 valence electrons. The Morgan fingerprint density at radius 3 is 2.90 bits per heavy atom. The molecule has 1 N–H and O–H groups in total. The molecule has 0 saturated carbocycles. The number of halogens is 1. The zero-order valence-electron chi connectivity index (χ0n) is 16.6. The first kappa shape index (κ1) is 18.8. The maximum Gasteiger partial charge on any atom is 0.130 e. The van der Waals surface area contributed by atoms with Crippen molar-refractivity contribution in [2.24, 2.45) is 0 Å². The van der Waals surface area contributed by atoms with Gasteiger partial charge in [-0.2, -0.15) is 5.10 Å². The molecule has 6 heteroatoms. The highest BCUT2D eigenvalue weighted by Crippen LogP contribution is 2.28. The van der Waals surface area contributed by atoms with Gasteiger partial charge in [0, 0.05) is 30.6 Å². The van der Waals surface area contributed by atoms with Gasteiger partial charge in [0.1, 0.15) is 18.2 Å². The van der Waals surface area contributed by atoms with Crippen LogP contribution in [-0.4, -0.2) is 33.2 Å². The number of ether oxygens (including phenoxy) is 1. The summed E-state index contributed by atoms with van der Waals surface area (Å²) in [6.45, 7) is 3.38. The van der Waals surface area contributed by atoms with Gasteiger partial charge in [-0.3, -0.25) is 15.0 Å². The normalized spacial score (nSPS) is 16.9. The van der Waals surface area contributed by atoms with E-state index in [1.807, 2.05) is 12.3 Å². The van der Waals surface area contributed by atoms with Crippen molar-refractivity contribution in [3.05, 3.63) is 89.6 Å². The van der Waals surface area contributed by atoms with Crippen molar-refractivity contribution >= 4 is 10.9 Å². The fraction of sp³-hybridized carbons (Fsp3) is 0.250. The molecule has 1 fully saturated rings. The predicted molar refractivity (Wildman–Crippen MR) is 114 cm³/mol. The second kappa shape index (κ2) is 8.24. The van der Waals surface area contributed by atoms with Crippen LogP contribution in [0.4, 0.5) is 4.39 Å². The predicted octanol–water partition coefficient (Wildman–Crippen LogP) is 4.67. The SMILES string of the molecule is Fc1ccc(OCc2cc([C@@H]3CCN(Cc4ccc5ncccc5c4)C3)n[nH]2)cc1. The monoisotopic (exact) mass is 402 g/mol. The number of hydrogen-bond donors (Lipinski definition) is 1. The number of fused-ring (bicyclic) bond motifs is 1. The Morgan fingerprint density at radius 1 is 1.10 bits per heavy atom. The van der Waals surface area contributed by atoms with Crippen LogP contribution in [0, 0.1) is 5.82 Å². The number of aromatic nitrogens is 3. The number of hydrogen-bond acceptors (Lipinski definition) is 4. The zero-order valence-corrected chi connectivity index (χ0v) is 16.6. The van der Waals surface area contributed by atoms with Crippen LogP contribution in [0.5, 0.6) is 5.75 Å². The van der Waals surface area contributed by atoms with E-state index < -0.39 is 0 Å². The van der Waals surface area contributed by atoms with Crippen LogP contribution >= 0.6 is 0 Å². The standard InChI is InChI=1S/C24H23FN4O/c25-20-4-6-22(7-5-20)30-16-21-13-24(28-27-21)19-9-11-29(15-19)14-17-3-8-23-18(12-17)2-1-10-26-23/h1-8,10,12-13,19H,9,11,14-16H2,(H,27,28)/t19-/m1/s1. The van der Waals surface area contributed by atoms with Crippen LogP contribution in [0.2, 0.25) is 0 Å². The number of benzene rings is 2. The third kappa shape index (κ3) is 4.19. The van der Waals surface area contributed by atoms with E-state index in [9.17, 15) is 4.39 Å². The number of rotatable bonds is 6. The van der Waals surface area contributed by atoms with Crippen LogP contribution < -0.4 is 4.74 Å². The van der Waals surface area contributed by atoms with Gasteiger partial charge >= 0.3 is 0 Å². The van der Waals surface area contributed by atoms with Crippen LogP contribution in [0.25, 0.3) is 10.9 Å². The van der Waals surface area contributed by atoms with Gasteiger partial charge in [-0.1, -0.05) is 12.1 Å². The first-order valence-electron chi connectivity index (χ1n) is 10.2. The lowest BCUT2D eigenvalue weighted by molar-refractivity contribution is 0.300. The molecule has 2 aromatic carbocycles. The van der Waals surface area contributed by atoms with Crippen molar-refractivity contribution in [1.29, 1.82) is 0 Å². The van der Waals surface area contributed by atoms with E-state index in [-0.39, 0.29) is 5.82 Å². The number of likely N-dealkylation sites (tertiary alicyclic amines) is 1. The smallest absolute Gasteiger partial charge is 0.130 e. The van der Waals surface area contributed by atoms with Crippen LogP contribution in [-0.2, 0) is 13.2 Å². The zero-order chi connectivity index (χ0) is 20.3. The fourth-order valence-corrected chi connectivity index (χ4v) is 4.05.